The van der Waals surface area contributed by atoms with Crippen molar-refractivity contribution in [1.82, 2.24) is 19.6 Å². The Balaban J connectivity index is 1.44. The van der Waals surface area contributed by atoms with Gasteiger partial charge in [-0.3, -0.25) is 14.4 Å². The molecule has 1 amide bonds. The molecule has 0 radical (unpaired) electrons. The molecule has 3 heterocycles. The van der Waals surface area contributed by atoms with E-state index < -0.39 is 0 Å². The summed E-state index contributed by atoms with van der Waals surface area (Å²) in [5, 5.41) is 13.4. The zero-order valence-electron chi connectivity index (χ0n) is 14.6. The van der Waals surface area contributed by atoms with Gasteiger partial charge in [-0.2, -0.15) is 5.10 Å². The molecule has 0 saturated heterocycles. The third-order valence-corrected chi connectivity index (χ3v) is 5.43. The van der Waals surface area contributed by atoms with Crippen LogP contribution >= 0.6 is 0 Å². The molecule has 0 fully saturated rings. The zero-order valence-corrected chi connectivity index (χ0v) is 14.6. The van der Waals surface area contributed by atoms with Gasteiger partial charge < -0.3 is 10.0 Å². The van der Waals surface area contributed by atoms with E-state index in [4.69, 9.17) is 5.11 Å². The van der Waals surface area contributed by atoms with Crippen molar-refractivity contribution in [3.63, 3.8) is 0 Å². The number of aliphatic hydroxyl groups excluding tert-OH is 1. The second-order valence-electron chi connectivity index (χ2n) is 6.92. The molecular formula is C19H24N4O2. The van der Waals surface area contributed by atoms with E-state index >= 15 is 0 Å². The number of aromatic nitrogens is 2. The fourth-order valence-electron chi connectivity index (χ4n) is 3.92. The third-order valence-electron chi connectivity index (χ3n) is 5.43. The first-order chi connectivity index (χ1) is 12.2. The number of amides is 1. The van der Waals surface area contributed by atoms with Crippen molar-refractivity contribution < 1.29 is 9.90 Å². The Labute approximate surface area is 147 Å². The molecule has 2 aliphatic rings. The molecule has 0 saturated carbocycles. The maximum absolute atomic E-state index is 13.0. The third kappa shape index (κ3) is 2.96. The number of hydrogen-bond acceptors (Lipinski definition) is 4. The highest BCUT2D eigenvalue weighted by molar-refractivity contribution is 5.82. The number of carbonyl (C=O) groups excluding carboxylic acids is 1. The molecule has 1 atom stereocenters. The minimum atomic E-state index is -0.128. The summed E-state index contributed by atoms with van der Waals surface area (Å²) in [6, 6.07) is 8.37. The van der Waals surface area contributed by atoms with E-state index in [1.54, 1.807) is 0 Å². The van der Waals surface area contributed by atoms with Gasteiger partial charge in [-0.05, 0) is 24.5 Å². The van der Waals surface area contributed by atoms with Crippen LogP contribution in [0.2, 0.25) is 0 Å². The Morgan fingerprint density at radius 3 is 2.80 bits per heavy atom. The van der Waals surface area contributed by atoms with Crippen LogP contribution in [0.25, 0.3) is 0 Å². The van der Waals surface area contributed by atoms with Gasteiger partial charge in [0.05, 0.1) is 37.6 Å². The van der Waals surface area contributed by atoms with Crippen molar-refractivity contribution in [3.8, 4) is 0 Å². The summed E-state index contributed by atoms with van der Waals surface area (Å²) in [5.41, 5.74) is 4.88. The maximum atomic E-state index is 13.0. The van der Waals surface area contributed by atoms with Gasteiger partial charge >= 0.3 is 0 Å². The average molecular weight is 340 g/mol. The number of carbonyl (C=O) groups is 1. The minimum Gasteiger partial charge on any atom is -0.394 e. The van der Waals surface area contributed by atoms with Gasteiger partial charge in [0, 0.05) is 25.2 Å². The van der Waals surface area contributed by atoms with Crippen LogP contribution in [0, 0.1) is 0 Å². The number of benzene rings is 1. The first-order valence-electron chi connectivity index (χ1n) is 8.91. The molecule has 1 aromatic heterocycles. The first kappa shape index (κ1) is 16.3. The van der Waals surface area contributed by atoms with E-state index in [0.717, 1.165) is 30.8 Å². The van der Waals surface area contributed by atoms with Gasteiger partial charge in [0.15, 0.2) is 0 Å². The van der Waals surface area contributed by atoms with E-state index in [2.05, 4.69) is 34.3 Å². The normalized spacial score (nSPS) is 18.1. The van der Waals surface area contributed by atoms with Crippen LogP contribution in [0.15, 0.2) is 30.5 Å². The van der Waals surface area contributed by atoms with Gasteiger partial charge in [-0.15, -0.1) is 0 Å². The molecule has 2 aliphatic heterocycles. The summed E-state index contributed by atoms with van der Waals surface area (Å²) in [6.07, 6.45) is 2.82. The number of fused-ring (bicyclic) bond motifs is 2. The lowest BCUT2D eigenvalue weighted by molar-refractivity contribution is -0.137. The molecule has 132 valence electrons. The van der Waals surface area contributed by atoms with Gasteiger partial charge in [-0.25, -0.2) is 0 Å². The van der Waals surface area contributed by atoms with Crippen LogP contribution in [-0.2, 0) is 37.4 Å². The van der Waals surface area contributed by atoms with Crippen molar-refractivity contribution in [2.75, 3.05) is 13.2 Å². The molecule has 0 bridgehead atoms. The lowest BCUT2D eigenvalue weighted by Crippen LogP contribution is -2.47. The Bertz CT molecular complexity index is 785. The highest BCUT2D eigenvalue weighted by Gasteiger charge is 2.33. The van der Waals surface area contributed by atoms with E-state index in [1.807, 2.05) is 22.7 Å². The fraction of sp³-hybridized carbons (Fsp3) is 0.474. The van der Waals surface area contributed by atoms with Crippen LogP contribution in [-0.4, -0.2) is 49.8 Å². The molecule has 0 aliphatic carbocycles. The summed E-state index contributed by atoms with van der Waals surface area (Å²) in [7, 11) is 0. The fourth-order valence-corrected chi connectivity index (χ4v) is 3.92. The first-order valence-corrected chi connectivity index (χ1v) is 8.91. The molecule has 2 aromatic rings. The Morgan fingerprint density at radius 2 is 2.00 bits per heavy atom. The van der Waals surface area contributed by atoms with Crippen LogP contribution in [0.1, 0.15) is 29.3 Å². The van der Waals surface area contributed by atoms with Crippen molar-refractivity contribution >= 4 is 5.91 Å². The smallest absolute Gasteiger partial charge is 0.240 e. The van der Waals surface area contributed by atoms with Gasteiger partial charge in [0.1, 0.15) is 0 Å². The molecule has 25 heavy (non-hydrogen) atoms. The van der Waals surface area contributed by atoms with Crippen molar-refractivity contribution in [1.29, 1.82) is 0 Å². The number of hydrogen-bond donors (Lipinski definition) is 1. The Kier molecular flexibility index (Phi) is 4.31. The summed E-state index contributed by atoms with van der Waals surface area (Å²) in [6.45, 7) is 5.52. The second-order valence-corrected chi connectivity index (χ2v) is 6.92. The second kappa shape index (κ2) is 6.61. The SMILES string of the molecule is C[C@H](C(=O)N1Cc2cnn(CCO)c2C1)N1CCc2ccccc2C1. The molecular weight excluding hydrogens is 316 g/mol. The topological polar surface area (TPSA) is 61.6 Å². The number of rotatable bonds is 4. The Hall–Kier alpha value is -2.18. The van der Waals surface area contributed by atoms with Crippen molar-refractivity contribution in [2.45, 2.75) is 45.6 Å². The molecule has 1 aromatic carbocycles. The van der Waals surface area contributed by atoms with Gasteiger partial charge in [-0.1, -0.05) is 24.3 Å². The van der Waals surface area contributed by atoms with Crippen LogP contribution in [0.4, 0.5) is 0 Å². The number of nitrogens with zero attached hydrogens (tertiary/aromatic N) is 4. The minimum absolute atomic E-state index is 0.0612. The van der Waals surface area contributed by atoms with Gasteiger partial charge in [0.25, 0.3) is 0 Å². The molecule has 6 heteroatoms. The van der Waals surface area contributed by atoms with Crippen LogP contribution in [0.5, 0.6) is 0 Å². The standard InChI is InChI=1S/C19H24N4O2/c1-14(21-7-6-15-4-2-3-5-16(15)11-21)19(25)22-12-17-10-20-23(8-9-24)18(17)13-22/h2-5,10,14,24H,6-9,11-13H2,1H3/t14-/m1/s1. The van der Waals surface area contributed by atoms with E-state index in [-0.39, 0.29) is 18.6 Å². The quantitative estimate of drug-likeness (QED) is 0.907. The molecule has 0 unspecified atom stereocenters. The van der Waals surface area contributed by atoms with E-state index in [0.29, 0.717) is 19.6 Å². The largest absolute Gasteiger partial charge is 0.394 e. The van der Waals surface area contributed by atoms with E-state index in [1.165, 1.54) is 11.1 Å². The van der Waals surface area contributed by atoms with Crippen LogP contribution in [0.3, 0.4) is 0 Å². The molecule has 1 N–H and O–H groups in total. The molecule has 0 spiro atoms. The highest BCUT2D eigenvalue weighted by Crippen LogP contribution is 2.26. The summed E-state index contributed by atoms with van der Waals surface area (Å²) < 4.78 is 1.81. The molecule has 6 nitrogen and oxygen atoms in total. The zero-order chi connectivity index (χ0) is 17.4. The van der Waals surface area contributed by atoms with E-state index in [9.17, 15) is 4.79 Å². The van der Waals surface area contributed by atoms with Crippen molar-refractivity contribution in [2.24, 2.45) is 0 Å². The predicted octanol–water partition coefficient (Wildman–Crippen LogP) is 1.16. The predicted molar refractivity (Wildman–Crippen MR) is 93.6 cm³/mol. The summed E-state index contributed by atoms with van der Waals surface area (Å²) >= 11 is 0. The highest BCUT2D eigenvalue weighted by atomic mass is 16.3. The molecule has 4 rings (SSSR count). The maximum Gasteiger partial charge on any atom is 0.240 e. The summed E-state index contributed by atoms with van der Waals surface area (Å²) in [4.78, 5) is 17.2. The average Bonchev–Trinajstić information content (AvgIpc) is 3.22. The van der Waals surface area contributed by atoms with Crippen LogP contribution < -0.4 is 0 Å². The lowest BCUT2D eigenvalue weighted by Gasteiger charge is -2.34. The van der Waals surface area contributed by atoms with Crippen molar-refractivity contribution in [3.05, 3.63) is 52.8 Å². The monoisotopic (exact) mass is 340 g/mol. The Morgan fingerprint density at radius 1 is 1.20 bits per heavy atom. The lowest BCUT2D eigenvalue weighted by atomic mass is 9.98. The van der Waals surface area contributed by atoms with Gasteiger partial charge in [0.2, 0.25) is 5.91 Å². The number of aliphatic hydroxyl groups is 1. The summed E-state index contributed by atoms with van der Waals surface area (Å²) in [5.74, 6) is 0.172.